The van der Waals surface area contributed by atoms with Crippen LogP contribution in [0.4, 0.5) is 17.6 Å². The minimum atomic E-state index is -4.30. The monoisotopic (exact) mass is 339 g/mol. The lowest BCUT2D eigenvalue weighted by Gasteiger charge is -2.39. The van der Waals surface area contributed by atoms with E-state index in [0.29, 0.717) is 25.4 Å². The normalized spacial score (nSPS) is 16.0. The number of alkyl halides is 3. The predicted octanol–water partition coefficient (Wildman–Crippen LogP) is 4.42. The molecule has 0 saturated carbocycles. The zero-order chi connectivity index (χ0) is 17.3. The number of likely N-dealkylation sites (tertiary alicyclic amines) is 1. The standard InChI is InChI=1S/C18H17F4NO/c1-12-8-15(19)6-7-17(12)24-16-10-23(11-16)9-13-2-4-14(5-3-13)18(20,21)22/h2-8,16H,9-11H2,1H3. The molecule has 2 aromatic rings. The molecule has 1 fully saturated rings. The van der Waals surface area contributed by atoms with Crippen molar-refractivity contribution in [3.05, 3.63) is 65.0 Å². The molecule has 0 atom stereocenters. The summed E-state index contributed by atoms with van der Waals surface area (Å²) in [4.78, 5) is 2.09. The van der Waals surface area contributed by atoms with Crippen LogP contribution >= 0.6 is 0 Å². The van der Waals surface area contributed by atoms with Crippen molar-refractivity contribution >= 4 is 0 Å². The van der Waals surface area contributed by atoms with E-state index in [4.69, 9.17) is 4.74 Å². The molecule has 128 valence electrons. The van der Waals surface area contributed by atoms with Gasteiger partial charge in [0.15, 0.2) is 0 Å². The van der Waals surface area contributed by atoms with Crippen molar-refractivity contribution in [3.63, 3.8) is 0 Å². The molecule has 0 spiro atoms. The minimum Gasteiger partial charge on any atom is -0.487 e. The Bertz CT molecular complexity index is 706. The molecule has 2 nitrogen and oxygen atoms in total. The van der Waals surface area contributed by atoms with Crippen molar-refractivity contribution in [2.45, 2.75) is 25.7 Å². The lowest BCUT2D eigenvalue weighted by atomic mass is 10.1. The Labute approximate surface area is 137 Å². The fraction of sp³-hybridized carbons (Fsp3) is 0.333. The topological polar surface area (TPSA) is 12.5 Å². The molecule has 0 amide bonds. The molecule has 0 radical (unpaired) electrons. The van der Waals surface area contributed by atoms with Crippen LogP contribution in [0.3, 0.4) is 0 Å². The van der Waals surface area contributed by atoms with Gasteiger partial charge in [0.2, 0.25) is 0 Å². The van der Waals surface area contributed by atoms with Crippen molar-refractivity contribution in [1.29, 1.82) is 0 Å². The van der Waals surface area contributed by atoms with Crippen molar-refractivity contribution in [1.82, 2.24) is 4.90 Å². The number of ether oxygens (including phenoxy) is 1. The maximum atomic E-state index is 13.1. The van der Waals surface area contributed by atoms with Gasteiger partial charge >= 0.3 is 6.18 Å². The maximum absolute atomic E-state index is 13.1. The number of hydrogen-bond acceptors (Lipinski definition) is 2. The Morgan fingerprint density at radius 1 is 1.08 bits per heavy atom. The molecule has 0 bridgehead atoms. The van der Waals surface area contributed by atoms with Crippen molar-refractivity contribution in [3.8, 4) is 5.75 Å². The molecule has 0 aliphatic carbocycles. The van der Waals surface area contributed by atoms with Crippen LogP contribution in [0.25, 0.3) is 0 Å². The predicted molar refractivity (Wildman–Crippen MR) is 82.3 cm³/mol. The van der Waals surface area contributed by atoms with Crippen LogP contribution in [0.1, 0.15) is 16.7 Å². The van der Waals surface area contributed by atoms with E-state index in [1.165, 1.54) is 24.3 Å². The molecule has 3 rings (SSSR count). The van der Waals surface area contributed by atoms with Crippen LogP contribution in [-0.2, 0) is 12.7 Å². The second-order valence-corrected chi connectivity index (χ2v) is 6.04. The lowest BCUT2D eigenvalue weighted by molar-refractivity contribution is -0.137. The van der Waals surface area contributed by atoms with E-state index in [1.807, 2.05) is 0 Å². The molecule has 1 saturated heterocycles. The van der Waals surface area contributed by atoms with Gasteiger partial charge in [0.1, 0.15) is 17.7 Å². The van der Waals surface area contributed by atoms with Gasteiger partial charge in [0, 0.05) is 19.6 Å². The largest absolute Gasteiger partial charge is 0.487 e. The molecule has 0 unspecified atom stereocenters. The van der Waals surface area contributed by atoms with Crippen LogP contribution in [0.5, 0.6) is 5.75 Å². The molecule has 1 aliphatic rings. The van der Waals surface area contributed by atoms with Gasteiger partial charge in [-0.1, -0.05) is 12.1 Å². The van der Waals surface area contributed by atoms with Crippen LogP contribution in [-0.4, -0.2) is 24.1 Å². The molecule has 2 aromatic carbocycles. The van der Waals surface area contributed by atoms with Crippen LogP contribution < -0.4 is 4.74 Å². The molecule has 1 heterocycles. The van der Waals surface area contributed by atoms with Gasteiger partial charge in [-0.2, -0.15) is 13.2 Å². The van der Waals surface area contributed by atoms with Gasteiger partial charge in [-0.3, -0.25) is 4.90 Å². The van der Waals surface area contributed by atoms with Gasteiger partial charge in [0.25, 0.3) is 0 Å². The molecular formula is C18H17F4NO. The molecule has 6 heteroatoms. The average Bonchev–Trinajstić information content (AvgIpc) is 2.47. The summed E-state index contributed by atoms with van der Waals surface area (Å²) in [5.74, 6) is 0.368. The smallest absolute Gasteiger partial charge is 0.416 e. The maximum Gasteiger partial charge on any atom is 0.416 e. The summed E-state index contributed by atoms with van der Waals surface area (Å²) >= 11 is 0. The highest BCUT2D eigenvalue weighted by molar-refractivity contribution is 5.33. The van der Waals surface area contributed by atoms with Gasteiger partial charge < -0.3 is 4.74 Å². The summed E-state index contributed by atoms with van der Waals surface area (Å²) in [6.45, 7) is 3.76. The number of halogens is 4. The number of rotatable bonds is 4. The highest BCUT2D eigenvalue weighted by Crippen LogP contribution is 2.29. The summed E-state index contributed by atoms with van der Waals surface area (Å²) in [5, 5.41) is 0. The summed E-state index contributed by atoms with van der Waals surface area (Å²) < 4.78 is 56.4. The Balaban J connectivity index is 1.50. The van der Waals surface area contributed by atoms with Gasteiger partial charge in [-0.25, -0.2) is 4.39 Å². The Kier molecular flexibility index (Phi) is 4.49. The Morgan fingerprint density at radius 2 is 1.75 bits per heavy atom. The number of aryl methyl sites for hydroxylation is 1. The van der Waals surface area contributed by atoms with E-state index in [9.17, 15) is 17.6 Å². The average molecular weight is 339 g/mol. The molecule has 0 N–H and O–H groups in total. The fourth-order valence-corrected chi connectivity index (χ4v) is 2.71. The first kappa shape index (κ1) is 16.8. The summed E-state index contributed by atoms with van der Waals surface area (Å²) in [6, 6.07) is 9.61. The van der Waals surface area contributed by atoms with E-state index in [1.54, 1.807) is 13.0 Å². The Morgan fingerprint density at radius 3 is 2.33 bits per heavy atom. The van der Waals surface area contributed by atoms with Crippen LogP contribution in [0.15, 0.2) is 42.5 Å². The first-order valence-electron chi connectivity index (χ1n) is 7.62. The number of nitrogens with zero attached hydrogens (tertiary/aromatic N) is 1. The highest BCUT2D eigenvalue weighted by Gasteiger charge is 2.31. The molecule has 0 aromatic heterocycles. The quantitative estimate of drug-likeness (QED) is 0.765. The van der Waals surface area contributed by atoms with E-state index in [0.717, 1.165) is 23.3 Å². The summed E-state index contributed by atoms with van der Waals surface area (Å²) in [7, 11) is 0. The zero-order valence-corrected chi connectivity index (χ0v) is 13.1. The van der Waals surface area contributed by atoms with Crippen LogP contribution in [0, 0.1) is 12.7 Å². The Hall–Kier alpha value is -2.08. The zero-order valence-electron chi connectivity index (χ0n) is 13.1. The summed E-state index contributed by atoms with van der Waals surface area (Å²) in [5.41, 5.74) is 0.943. The minimum absolute atomic E-state index is 0.0172. The SMILES string of the molecule is Cc1cc(F)ccc1OC1CN(Cc2ccc(C(F)(F)F)cc2)C1. The molecular weight excluding hydrogens is 322 g/mol. The van der Waals surface area contributed by atoms with Crippen molar-refractivity contribution < 1.29 is 22.3 Å². The first-order valence-corrected chi connectivity index (χ1v) is 7.62. The third-order valence-corrected chi connectivity index (χ3v) is 4.04. The van der Waals surface area contributed by atoms with E-state index in [-0.39, 0.29) is 11.9 Å². The van der Waals surface area contributed by atoms with Gasteiger partial charge in [-0.05, 0) is 48.4 Å². The van der Waals surface area contributed by atoms with Gasteiger partial charge in [-0.15, -0.1) is 0 Å². The fourth-order valence-electron chi connectivity index (χ4n) is 2.71. The third kappa shape index (κ3) is 3.87. The lowest BCUT2D eigenvalue weighted by Crippen LogP contribution is -2.53. The van der Waals surface area contributed by atoms with Crippen LogP contribution in [0.2, 0.25) is 0 Å². The van der Waals surface area contributed by atoms with Crippen molar-refractivity contribution in [2.24, 2.45) is 0 Å². The molecule has 24 heavy (non-hydrogen) atoms. The second-order valence-electron chi connectivity index (χ2n) is 6.04. The third-order valence-electron chi connectivity index (χ3n) is 4.04. The van der Waals surface area contributed by atoms with Crippen molar-refractivity contribution in [2.75, 3.05) is 13.1 Å². The number of benzene rings is 2. The van der Waals surface area contributed by atoms with Gasteiger partial charge in [0.05, 0.1) is 5.56 Å². The summed E-state index contributed by atoms with van der Waals surface area (Å²) in [6.07, 6.45) is -4.29. The number of hydrogen-bond donors (Lipinski definition) is 0. The second kappa shape index (κ2) is 6.43. The first-order chi connectivity index (χ1) is 11.3. The van der Waals surface area contributed by atoms with E-state index >= 15 is 0 Å². The van der Waals surface area contributed by atoms with E-state index in [2.05, 4.69) is 4.90 Å². The molecule has 1 aliphatic heterocycles. The van der Waals surface area contributed by atoms with E-state index < -0.39 is 11.7 Å². The highest BCUT2D eigenvalue weighted by atomic mass is 19.4.